The van der Waals surface area contributed by atoms with E-state index in [-0.39, 0.29) is 24.8 Å². The average Bonchev–Trinajstić information content (AvgIpc) is 2.76. The number of benzene rings is 2. The van der Waals surface area contributed by atoms with Crippen LogP contribution in [-0.2, 0) is 22.6 Å². The molecule has 2 aromatic carbocycles. The van der Waals surface area contributed by atoms with Gasteiger partial charge in [-0.2, -0.15) is 0 Å². The minimum atomic E-state index is -0.612. The molecule has 162 valence electrons. The van der Waals surface area contributed by atoms with Crippen LogP contribution < -0.4 is 14.8 Å². The normalized spacial score (nSPS) is 11.5. The van der Waals surface area contributed by atoms with Gasteiger partial charge in [0.25, 0.3) is 0 Å². The third-order valence-electron chi connectivity index (χ3n) is 4.89. The number of hydrogen-bond acceptors (Lipinski definition) is 4. The first kappa shape index (κ1) is 23.5. The summed E-state index contributed by atoms with van der Waals surface area (Å²) >= 11 is 6.29. The molecule has 1 atom stereocenters. The lowest BCUT2D eigenvalue weighted by molar-refractivity contribution is -0.140. The highest BCUT2D eigenvalue weighted by molar-refractivity contribution is 6.31. The Balaban J connectivity index is 2.17. The van der Waals surface area contributed by atoms with Crippen molar-refractivity contribution in [3.8, 4) is 11.5 Å². The van der Waals surface area contributed by atoms with Crippen LogP contribution in [0.1, 0.15) is 31.4 Å². The van der Waals surface area contributed by atoms with E-state index in [0.717, 1.165) is 11.1 Å². The molecule has 0 aliphatic rings. The lowest BCUT2D eigenvalue weighted by atomic mass is 10.1. The van der Waals surface area contributed by atoms with Crippen molar-refractivity contribution in [1.29, 1.82) is 0 Å². The predicted molar refractivity (Wildman–Crippen MR) is 118 cm³/mol. The second-order valence-electron chi connectivity index (χ2n) is 6.87. The van der Waals surface area contributed by atoms with Crippen LogP contribution in [-0.4, -0.2) is 43.5 Å². The van der Waals surface area contributed by atoms with E-state index in [1.807, 2.05) is 43.3 Å². The number of carbonyl (C=O) groups is 2. The third kappa shape index (κ3) is 6.13. The fraction of sp³-hybridized carbons (Fsp3) is 0.391. The molecule has 1 unspecified atom stereocenters. The van der Waals surface area contributed by atoms with Crippen LogP contribution >= 0.6 is 11.6 Å². The number of ether oxygens (including phenoxy) is 2. The average molecular weight is 433 g/mol. The van der Waals surface area contributed by atoms with Crippen molar-refractivity contribution in [3.05, 3.63) is 58.6 Å². The van der Waals surface area contributed by atoms with Gasteiger partial charge >= 0.3 is 0 Å². The van der Waals surface area contributed by atoms with Crippen molar-refractivity contribution in [3.63, 3.8) is 0 Å². The summed E-state index contributed by atoms with van der Waals surface area (Å²) in [5.74, 6) is 0.941. The number of carbonyl (C=O) groups excluding carboxylic acids is 2. The van der Waals surface area contributed by atoms with Gasteiger partial charge in [0, 0.05) is 24.5 Å². The van der Waals surface area contributed by atoms with Crippen LogP contribution in [0.25, 0.3) is 0 Å². The largest absolute Gasteiger partial charge is 0.493 e. The number of nitrogens with zero attached hydrogens (tertiary/aromatic N) is 1. The van der Waals surface area contributed by atoms with E-state index in [2.05, 4.69) is 5.32 Å². The maximum atomic E-state index is 13.1. The van der Waals surface area contributed by atoms with Crippen LogP contribution in [0, 0.1) is 0 Å². The van der Waals surface area contributed by atoms with Gasteiger partial charge in [0.1, 0.15) is 6.04 Å². The summed E-state index contributed by atoms with van der Waals surface area (Å²) in [6.07, 6.45) is 0.768. The first-order valence-corrected chi connectivity index (χ1v) is 10.3. The maximum Gasteiger partial charge on any atom is 0.242 e. The van der Waals surface area contributed by atoms with Crippen LogP contribution in [0.5, 0.6) is 11.5 Å². The Labute approximate surface area is 183 Å². The molecular formula is C23H29ClN2O4. The van der Waals surface area contributed by atoms with E-state index in [1.165, 1.54) is 0 Å². The van der Waals surface area contributed by atoms with Gasteiger partial charge in [0.05, 0.1) is 14.2 Å². The first-order valence-electron chi connectivity index (χ1n) is 9.92. The zero-order valence-corrected chi connectivity index (χ0v) is 18.7. The minimum Gasteiger partial charge on any atom is -0.493 e. The molecule has 6 nitrogen and oxygen atoms in total. The molecule has 0 radical (unpaired) electrons. The standard InChI is InChI=1S/C23H29ClN2O4/c1-5-25-23(28)16(2)26(15-18-8-6-7-9-19(18)24)22(27)13-11-17-10-12-20(29-3)21(14-17)30-4/h6-10,12,14,16H,5,11,13,15H2,1-4H3,(H,25,28). The number of likely N-dealkylation sites (N-methyl/N-ethyl adjacent to an activating group) is 1. The van der Waals surface area contributed by atoms with Crippen molar-refractivity contribution in [2.24, 2.45) is 0 Å². The Morgan fingerprint density at radius 2 is 1.80 bits per heavy atom. The Morgan fingerprint density at radius 1 is 1.10 bits per heavy atom. The number of rotatable bonds is 10. The van der Waals surface area contributed by atoms with Crippen molar-refractivity contribution < 1.29 is 19.1 Å². The molecule has 30 heavy (non-hydrogen) atoms. The van der Waals surface area contributed by atoms with Crippen LogP contribution in [0.4, 0.5) is 0 Å². The van der Waals surface area contributed by atoms with Gasteiger partial charge < -0.3 is 19.7 Å². The van der Waals surface area contributed by atoms with E-state index >= 15 is 0 Å². The second kappa shape index (κ2) is 11.5. The molecule has 2 amide bonds. The SMILES string of the molecule is CCNC(=O)C(C)N(Cc1ccccc1Cl)C(=O)CCc1ccc(OC)c(OC)c1. The van der Waals surface area contributed by atoms with Gasteiger partial charge in [-0.15, -0.1) is 0 Å². The summed E-state index contributed by atoms with van der Waals surface area (Å²) < 4.78 is 10.6. The van der Waals surface area contributed by atoms with E-state index in [0.29, 0.717) is 29.5 Å². The Hall–Kier alpha value is -2.73. The molecule has 0 saturated heterocycles. The topological polar surface area (TPSA) is 67.9 Å². The second-order valence-corrected chi connectivity index (χ2v) is 7.28. The van der Waals surface area contributed by atoms with Gasteiger partial charge in [0.2, 0.25) is 11.8 Å². The van der Waals surface area contributed by atoms with Crippen LogP contribution in [0.3, 0.4) is 0 Å². The quantitative estimate of drug-likeness (QED) is 0.619. The van der Waals surface area contributed by atoms with Gasteiger partial charge in [-0.05, 0) is 49.6 Å². The lowest BCUT2D eigenvalue weighted by Crippen LogP contribution is -2.47. The number of halogens is 1. The first-order chi connectivity index (χ1) is 14.4. The highest BCUT2D eigenvalue weighted by atomic mass is 35.5. The molecule has 0 aliphatic carbocycles. The van der Waals surface area contributed by atoms with Gasteiger partial charge in [0.15, 0.2) is 11.5 Å². The lowest BCUT2D eigenvalue weighted by Gasteiger charge is -2.29. The molecule has 1 N–H and O–H groups in total. The Bertz CT molecular complexity index is 872. The molecular weight excluding hydrogens is 404 g/mol. The van der Waals surface area contributed by atoms with Crippen molar-refractivity contribution in [2.75, 3.05) is 20.8 Å². The highest BCUT2D eigenvalue weighted by Gasteiger charge is 2.26. The summed E-state index contributed by atoms with van der Waals surface area (Å²) in [5, 5.41) is 3.35. The Morgan fingerprint density at radius 3 is 2.43 bits per heavy atom. The number of methoxy groups -OCH3 is 2. The summed E-state index contributed by atoms with van der Waals surface area (Å²) in [5.41, 5.74) is 1.75. The Kier molecular flexibility index (Phi) is 8.99. The summed E-state index contributed by atoms with van der Waals surface area (Å²) in [4.78, 5) is 27.1. The number of nitrogens with one attached hydrogen (secondary N) is 1. The number of aryl methyl sites for hydroxylation is 1. The molecule has 0 fully saturated rings. The summed E-state index contributed by atoms with van der Waals surface area (Å²) in [7, 11) is 3.16. The van der Waals surface area contributed by atoms with Crippen molar-refractivity contribution in [1.82, 2.24) is 10.2 Å². The predicted octanol–water partition coefficient (Wildman–Crippen LogP) is 3.84. The molecule has 7 heteroatoms. The molecule has 0 aromatic heterocycles. The summed E-state index contributed by atoms with van der Waals surface area (Å²) in [6, 6.07) is 12.3. The molecule has 2 aromatic rings. The fourth-order valence-corrected chi connectivity index (χ4v) is 3.34. The highest BCUT2D eigenvalue weighted by Crippen LogP contribution is 2.28. The molecule has 0 saturated carbocycles. The summed E-state index contributed by atoms with van der Waals surface area (Å²) in [6.45, 7) is 4.35. The number of amides is 2. The minimum absolute atomic E-state index is 0.122. The van der Waals surface area contributed by atoms with E-state index in [9.17, 15) is 9.59 Å². The zero-order valence-electron chi connectivity index (χ0n) is 17.9. The smallest absolute Gasteiger partial charge is 0.242 e. The molecule has 0 heterocycles. The van der Waals surface area contributed by atoms with E-state index < -0.39 is 6.04 Å². The molecule has 0 aliphatic heterocycles. The van der Waals surface area contributed by atoms with E-state index in [4.69, 9.17) is 21.1 Å². The third-order valence-corrected chi connectivity index (χ3v) is 5.26. The molecule has 2 rings (SSSR count). The van der Waals surface area contributed by atoms with Gasteiger partial charge in [-0.3, -0.25) is 9.59 Å². The van der Waals surface area contributed by atoms with Crippen LogP contribution in [0.2, 0.25) is 5.02 Å². The van der Waals surface area contributed by atoms with E-state index in [1.54, 1.807) is 32.1 Å². The van der Waals surface area contributed by atoms with Crippen molar-refractivity contribution in [2.45, 2.75) is 39.3 Å². The molecule has 0 spiro atoms. The monoisotopic (exact) mass is 432 g/mol. The van der Waals surface area contributed by atoms with Gasteiger partial charge in [-0.1, -0.05) is 35.9 Å². The van der Waals surface area contributed by atoms with Crippen molar-refractivity contribution >= 4 is 23.4 Å². The number of hydrogen-bond donors (Lipinski definition) is 1. The van der Waals surface area contributed by atoms with Gasteiger partial charge in [-0.25, -0.2) is 0 Å². The van der Waals surface area contributed by atoms with Crippen LogP contribution in [0.15, 0.2) is 42.5 Å². The fourth-order valence-electron chi connectivity index (χ4n) is 3.15. The molecule has 0 bridgehead atoms. The zero-order chi connectivity index (χ0) is 22.1. The maximum absolute atomic E-state index is 13.1.